The summed E-state index contributed by atoms with van der Waals surface area (Å²) in [5.41, 5.74) is 0.490. The van der Waals surface area contributed by atoms with E-state index in [0.29, 0.717) is 24.0 Å². The van der Waals surface area contributed by atoms with Crippen LogP contribution >= 0.6 is 0 Å². The minimum absolute atomic E-state index is 0.177. The van der Waals surface area contributed by atoms with Gasteiger partial charge in [0.2, 0.25) is 0 Å². The molecule has 3 heterocycles. The lowest BCUT2D eigenvalue weighted by Gasteiger charge is -2.23. The molecular formula is C16H18F2N8O. The van der Waals surface area contributed by atoms with Crippen molar-refractivity contribution < 1.29 is 13.5 Å². The molecule has 1 saturated heterocycles. The van der Waals surface area contributed by atoms with Crippen LogP contribution in [0, 0.1) is 17.2 Å². The molecule has 1 aliphatic rings. The van der Waals surface area contributed by atoms with Crippen LogP contribution in [0.3, 0.4) is 0 Å². The van der Waals surface area contributed by atoms with E-state index >= 15 is 0 Å². The molecule has 2 aromatic heterocycles. The molecular weight excluding hydrogens is 358 g/mol. The summed E-state index contributed by atoms with van der Waals surface area (Å²) in [6.07, 6.45) is 4.68. The molecule has 1 aliphatic heterocycles. The van der Waals surface area contributed by atoms with Gasteiger partial charge in [0, 0.05) is 12.6 Å². The van der Waals surface area contributed by atoms with Crippen molar-refractivity contribution in [1.82, 2.24) is 25.5 Å². The Morgan fingerprint density at radius 2 is 2.04 bits per heavy atom. The maximum absolute atomic E-state index is 12.6. The Bertz CT molecular complexity index is 790. The minimum Gasteiger partial charge on any atom is -0.413 e. The molecule has 2 aromatic rings. The lowest BCUT2D eigenvalue weighted by Crippen LogP contribution is -2.31. The van der Waals surface area contributed by atoms with Crippen LogP contribution < -0.4 is 20.7 Å². The number of nitrogens with zero attached hydrogens (tertiary/aromatic N) is 5. The number of alkyl halides is 2. The molecule has 3 rings (SSSR count). The summed E-state index contributed by atoms with van der Waals surface area (Å²) >= 11 is 0. The summed E-state index contributed by atoms with van der Waals surface area (Å²) in [5.74, 6) is 0.786. The third-order valence-electron chi connectivity index (χ3n) is 4.02. The van der Waals surface area contributed by atoms with Crippen LogP contribution in [0.2, 0.25) is 0 Å². The van der Waals surface area contributed by atoms with Crippen molar-refractivity contribution >= 4 is 17.3 Å². The Labute approximate surface area is 154 Å². The zero-order valence-corrected chi connectivity index (χ0v) is 14.3. The molecule has 1 fully saturated rings. The predicted octanol–water partition coefficient (Wildman–Crippen LogP) is 1.89. The highest BCUT2D eigenvalue weighted by Crippen LogP contribution is 2.27. The number of nitrogens with one attached hydrogen (secondary N) is 3. The van der Waals surface area contributed by atoms with E-state index in [-0.39, 0.29) is 17.4 Å². The first-order valence-corrected chi connectivity index (χ1v) is 8.40. The molecule has 0 saturated carbocycles. The number of halogens is 2. The molecule has 3 N–H and O–H groups in total. The third-order valence-corrected chi connectivity index (χ3v) is 4.02. The predicted molar refractivity (Wildman–Crippen MR) is 92.8 cm³/mol. The fraction of sp³-hybridized carbons (Fsp3) is 0.438. The minimum atomic E-state index is -3.00. The van der Waals surface area contributed by atoms with Crippen molar-refractivity contribution in [2.45, 2.75) is 19.5 Å². The van der Waals surface area contributed by atoms with Gasteiger partial charge in [0.1, 0.15) is 17.6 Å². The Balaban J connectivity index is 1.73. The standard InChI is InChI=1S/C16H18F2N8O/c17-16(18)27-15-12(22-7-10-1-3-20-4-2-10)5-13(25-26-15)24-14-9-21-11(6-19)8-23-14/h5,8-10,16,20H,1-4,7H2,(H2,22,23,24,25). The molecule has 0 bridgehead atoms. The number of ether oxygens (including phenoxy) is 1. The Morgan fingerprint density at radius 3 is 2.70 bits per heavy atom. The number of rotatable bonds is 7. The summed E-state index contributed by atoms with van der Waals surface area (Å²) < 4.78 is 29.7. The Hall–Kier alpha value is -3.13. The highest BCUT2D eigenvalue weighted by atomic mass is 19.3. The van der Waals surface area contributed by atoms with Gasteiger partial charge < -0.3 is 20.7 Å². The lowest BCUT2D eigenvalue weighted by molar-refractivity contribution is -0.0528. The van der Waals surface area contributed by atoms with Crippen molar-refractivity contribution in [3.63, 3.8) is 0 Å². The van der Waals surface area contributed by atoms with Crippen LogP contribution in [0.15, 0.2) is 18.5 Å². The highest BCUT2D eigenvalue weighted by Gasteiger charge is 2.17. The van der Waals surface area contributed by atoms with Crippen LogP contribution in [0.4, 0.5) is 26.1 Å². The van der Waals surface area contributed by atoms with E-state index in [9.17, 15) is 8.78 Å². The zero-order chi connectivity index (χ0) is 19.1. The van der Waals surface area contributed by atoms with Crippen LogP contribution in [-0.4, -0.2) is 46.4 Å². The van der Waals surface area contributed by atoms with Gasteiger partial charge in [0.15, 0.2) is 11.5 Å². The average Bonchev–Trinajstić information content (AvgIpc) is 2.69. The van der Waals surface area contributed by atoms with E-state index in [2.05, 4.69) is 40.9 Å². The second-order valence-electron chi connectivity index (χ2n) is 5.92. The largest absolute Gasteiger partial charge is 0.413 e. The monoisotopic (exact) mass is 376 g/mol. The second-order valence-corrected chi connectivity index (χ2v) is 5.92. The quantitative estimate of drug-likeness (QED) is 0.665. The van der Waals surface area contributed by atoms with Crippen molar-refractivity contribution in [3.8, 4) is 11.9 Å². The summed E-state index contributed by atoms with van der Waals surface area (Å²) in [4.78, 5) is 7.91. The summed E-state index contributed by atoms with van der Waals surface area (Å²) in [6, 6.07) is 3.39. The fourth-order valence-corrected chi connectivity index (χ4v) is 2.66. The number of nitriles is 1. The number of hydrogen-bond donors (Lipinski definition) is 3. The maximum atomic E-state index is 12.6. The number of aromatic nitrogens is 4. The van der Waals surface area contributed by atoms with E-state index in [1.54, 1.807) is 0 Å². The van der Waals surface area contributed by atoms with Gasteiger partial charge in [0.05, 0.1) is 12.4 Å². The summed E-state index contributed by atoms with van der Waals surface area (Å²) in [6.45, 7) is -0.512. The number of anilines is 3. The van der Waals surface area contributed by atoms with Gasteiger partial charge in [0.25, 0.3) is 5.88 Å². The van der Waals surface area contributed by atoms with Crippen molar-refractivity contribution in [2.24, 2.45) is 5.92 Å². The lowest BCUT2D eigenvalue weighted by atomic mass is 9.98. The maximum Gasteiger partial charge on any atom is 0.388 e. The van der Waals surface area contributed by atoms with E-state index in [1.165, 1.54) is 18.5 Å². The van der Waals surface area contributed by atoms with E-state index in [0.717, 1.165) is 25.9 Å². The molecule has 0 aliphatic carbocycles. The van der Waals surface area contributed by atoms with Gasteiger partial charge in [-0.1, -0.05) is 0 Å². The summed E-state index contributed by atoms with van der Waals surface area (Å²) in [7, 11) is 0. The van der Waals surface area contributed by atoms with Crippen molar-refractivity contribution in [3.05, 3.63) is 24.2 Å². The van der Waals surface area contributed by atoms with Gasteiger partial charge in [-0.2, -0.15) is 14.0 Å². The molecule has 0 aromatic carbocycles. The molecule has 0 unspecified atom stereocenters. The molecule has 142 valence electrons. The van der Waals surface area contributed by atoms with Gasteiger partial charge in [-0.15, -0.1) is 10.2 Å². The smallest absolute Gasteiger partial charge is 0.388 e. The van der Waals surface area contributed by atoms with Crippen LogP contribution in [0.25, 0.3) is 0 Å². The fourth-order valence-electron chi connectivity index (χ4n) is 2.66. The molecule has 0 atom stereocenters. The summed E-state index contributed by atoms with van der Waals surface area (Å²) in [5, 5.41) is 25.6. The molecule has 9 nitrogen and oxygen atoms in total. The number of hydrogen-bond acceptors (Lipinski definition) is 9. The second kappa shape index (κ2) is 9.00. The van der Waals surface area contributed by atoms with E-state index in [4.69, 9.17) is 5.26 Å². The topological polar surface area (TPSA) is 121 Å². The van der Waals surface area contributed by atoms with E-state index < -0.39 is 6.61 Å². The van der Waals surface area contributed by atoms with Gasteiger partial charge in [-0.25, -0.2) is 9.97 Å². The van der Waals surface area contributed by atoms with Crippen molar-refractivity contribution in [1.29, 1.82) is 5.26 Å². The molecule has 0 amide bonds. The third kappa shape index (κ3) is 5.42. The zero-order valence-electron chi connectivity index (χ0n) is 14.3. The molecule has 0 radical (unpaired) electrons. The average molecular weight is 376 g/mol. The number of piperidine rings is 1. The SMILES string of the molecule is N#Cc1cnc(Nc2cc(NCC3CCNCC3)c(OC(F)F)nn2)cn1. The molecule has 0 spiro atoms. The first-order chi connectivity index (χ1) is 13.1. The van der Waals surface area contributed by atoms with Gasteiger partial charge >= 0.3 is 6.61 Å². The van der Waals surface area contributed by atoms with Crippen molar-refractivity contribution in [2.75, 3.05) is 30.3 Å². The van der Waals surface area contributed by atoms with Crippen LogP contribution in [0.1, 0.15) is 18.5 Å². The van der Waals surface area contributed by atoms with E-state index in [1.807, 2.05) is 6.07 Å². The van der Waals surface area contributed by atoms with Gasteiger partial charge in [-0.05, 0) is 31.8 Å². The molecule has 27 heavy (non-hydrogen) atoms. The van der Waals surface area contributed by atoms with Crippen LogP contribution in [0.5, 0.6) is 5.88 Å². The Kier molecular flexibility index (Phi) is 6.22. The van der Waals surface area contributed by atoms with Gasteiger partial charge in [-0.3, -0.25) is 0 Å². The first kappa shape index (κ1) is 18.7. The normalized spacial score (nSPS) is 14.6. The highest BCUT2D eigenvalue weighted by molar-refractivity contribution is 5.61. The first-order valence-electron chi connectivity index (χ1n) is 8.40. The van der Waals surface area contributed by atoms with Crippen LogP contribution in [-0.2, 0) is 0 Å². The molecule has 11 heteroatoms. The Morgan fingerprint density at radius 1 is 1.22 bits per heavy atom.